The molecular formula is C21H20ClNS2. The Morgan fingerprint density at radius 3 is 2.44 bits per heavy atom. The van der Waals surface area contributed by atoms with Crippen molar-refractivity contribution in [3.05, 3.63) is 81.1 Å². The maximum Gasteiger partial charge on any atom is 0.105 e. The lowest BCUT2D eigenvalue weighted by Crippen LogP contribution is -2.06. The molecule has 1 fully saturated rings. The third-order valence-corrected chi connectivity index (χ3v) is 6.42. The molecule has 25 heavy (non-hydrogen) atoms. The van der Waals surface area contributed by atoms with E-state index in [1.54, 1.807) is 23.5 Å². The standard InChI is InChI=1S/C21H20ClNS2/c1-15(2)20-13-8-16(14-24-19-6-4-3-5-7-19)21(25-20)23-18-11-9-17(22)10-12-18/h3-7,9-12,14H,8,13H2,1-2H3/b16-14+,23-21?. The van der Waals surface area contributed by atoms with Gasteiger partial charge in [0.1, 0.15) is 5.04 Å². The van der Waals surface area contributed by atoms with Crippen LogP contribution in [0.25, 0.3) is 0 Å². The highest BCUT2D eigenvalue weighted by molar-refractivity contribution is 8.17. The van der Waals surface area contributed by atoms with Crippen molar-refractivity contribution in [3.8, 4) is 0 Å². The highest BCUT2D eigenvalue weighted by Crippen LogP contribution is 2.39. The molecule has 2 aromatic rings. The molecule has 0 aromatic heterocycles. The zero-order valence-corrected chi connectivity index (χ0v) is 16.7. The minimum absolute atomic E-state index is 0.737. The summed E-state index contributed by atoms with van der Waals surface area (Å²) in [6.45, 7) is 4.35. The molecule has 1 aliphatic heterocycles. The Kier molecular flexibility index (Phi) is 6.46. The topological polar surface area (TPSA) is 12.4 Å². The number of hydrogen-bond donors (Lipinski definition) is 0. The maximum atomic E-state index is 5.99. The first kappa shape index (κ1) is 18.4. The van der Waals surface area contributed by atoms with Gasteiger partial charge in [0, 0.05) is 9.92 Å². The number of thioether (sulfide) groups is 2. The fourth-order valence-corrected chi connectivity index (χ4v) is 4.52. The summed E-state index contributed by atoms with van der Waals surface area (Å²) < 4.78 is 0. The molecule has 0 radical (unpaired) electrons. The van der Waals surface area contributed by atoms with Crippen molar-refractivity contribution in [1.29, 1.82) is 0 Å². The van der Waals surface area contributed by atoms with Crippen molar-refractivity contribution >= 4 is 45.9 Å². The number of nitrogens with zero attached hydrogens (tertiary/aromatic N) is 1. The minimum Gasteiger partial charge on any atom is -0.241 e. The van der Waals surface area contributed by atoms with Crippen LogP contribution >= 0.6 is 35.1 Å². The zero-order chi connectivity index (χ0) is 17.6. The van der Waals surface area contributed by atoms with Gasteiger partial charge >= 0.3 is 0 Å². The quantitative estimate of drug-likeness (QED) is 0.498. The van der Waals surface area contributed by atoms with Gasteiger partial charge in [-0.15, -0.1) is 0 Å². The fraction of sp³-hybridized carbons (Fsp3) is 0.190. The van der Waals surface area contributed by atoms with Gasteiger partial charge in [-0.25, -0.2) is 4.99 Å². The van der Waals surface area contributed by atoms with E-state index in [2.05, 4.69) is 43.5 Å². The van der Waals surface area contributed by atoms with Crippen LogP contribution < -0.4 is 0 Å². The monoisotopic (exact) mass is 385 g/mol. The number of hydrogen-bond acceptors (Lipinski definition) is 3. The van der Waals surface area contributed by atoms with Crippen LogP contribution in [0.4, 0.5) is 5.69 Å². The third kappa shape index (κ3) is 5.27. The molecule has 0 atom stereocenters. The van der Waals surface area contributed by atoms with Crippen LogP contribution in [-0.2, 0) is 0 Å². The van der Waals surface area contributed by atoms with E-state index in [0.29, 0.717) is 0 Å². The Morgan fingerprint density at radius 2 is 1.76 bits per heavy atom. The minimum atomic E-state index is 0.737. The Labute approximate surface area is 163 Å². The van der Waals surface area contributed by atoms with Crippen LogP contribution in [0, 0.1) is 0 Å². The molecule has 0 bridgehead atoms. The molecular weight excluding hydrogens is 366 g/mol. The first-order valence-electron chi connectivity index (χ1n) is 8.21. The predicted molar refractivity (Wildman–Crippen MR) is 114 cm³/mol. The van der Waals surface area contributed by atoms with Gasteiger partial charge < -0.3 is 0 Å². The summed E-state index contributed by atoms with van der Waals surface area (Å²) in [5.74, 6) is 0. The molecule has 4 heteroatoms. The van der Waals surface area contributed by atoms with Gasteiger partial charge in [-0.2, -0.15) is 0 Å². The van der Waals surface area contributed by atoms with Crippen LogP contribution in [0.3, 0.4) is 0 Å². The highest BCUT2D eigenvalue weighted by Gasteiger charge is 2.19. The number of halogens is 1. The summed E-state index contributed by atoms with van der Waals surface area (Å²) in [5.41, 5.74) is 3.62. The van der Waals surface area contributed by atoms with Crippen molar-refractivity contribution in [2.45, 2.75) is 31.6 Å². The molecule has 0 aliphatic carbocycles. The van der Waals surface area contributed by atoms with Crippen LogP contribution in [0.2, 0.25) is 5.02 Å². The van der Waals surface area contributed by atoms with Crippen LogP contribution in [0.1, 0.15) is 26.7 Å². The number of allylic oxidation sites excluding steroid dienone is 2. The Bertz CT molecular complexity index is 817. The van der Waals surface area contributed by atoms with E-state index in [1.807, 2.05) is 30.3 Å². The molecule has 3 rings (SSSR count). The molecule has 1 nitrogen and oxygen atoms in total. The molecule has 1 saturated heterocycles. The van der Waals surface area contributed by atoms with Crippen molar-refractivity contribution in [1.82, 2.24) is 0 Å². The van der Waals surface area contributed by atoms with Gasteiger partial charge in [0.2, 0.25) is 0 Å². The summed E-state index contributed by atoms with van der Waals surface area (Å²) in [5, 5.41) is 4.08. The molecule has 2 aromatic carbocycles. The largest absolute Gasteiger partial charge is 0.241 e. The lowest BCUT2D eigenvalue weighted by molar-refractivity contribution is 0.988. The van der Waals surface area contributed by atoms with Crippen molar-refractivity contribution in [2.24, 2.45) is 4.99 Å². The average molecular weight is 386 g/mol. The molecule has 0 amide bonds. The van der Waals surface area contributed by atoms with E-state index in [1.165, 1.54) is 20.9 Å². The van der Waals surface area contributed by atoms with E-state index in [0.717, 1.165) is 28.6 Å². The Hall–Kier alpha value is -1.42. The Morgan fingerprint density at radius 1 is 1.04 bits per heavy atom. The normalized spacial score (nSPS) is 18.0. The van der Waals surface area contributed by atoms with Gasteiger partial charge in [0.05, 0.1) is 5.69 Å². The number of aliphatic imine (C=N–C) groups is 1. The third-order valence-electron chi connectivity index (χ3n) is 3.81. The highest BCUT2D eigenvalue weighted by atomic mass is 35.5. The Balaban J connectivity index is 1.89. The second-order valence-corrected chi connectivity index (χ2v) is 8.46. The van der Waals surface area contributed by atoms with E-state index >= 15 is 0 Å². The van der Waals surface area contributed by atoms with E-state index in [4.69, 9.17) is 16.6 Å². The molecule has 1 aliphatic rings. The molecule has 0 N–H and O–H groups in total. The lowest BCUT2D eigenvalue weighted by atomic mass is 10.1. The predicted octanol–water partition coefficient (Wildman–Crippen LogP) is 7.87. The van der Waals surface area contributed by atoms with Gasteiger partial charge in [-0.3, -0.25) is 0 Å². The maximum absolute atomic E-state index is 5.99. The van der Waals surface area contributed by atoms with E-state index in [9.17, 15) is 0 Å². The van der Waals surface area contributed by atoms with Crippen LogP contribution in [0.5, 0.6) is 0 Å². The number of rotatable bonds is 3. The van der Waals surface area contributed by atoms with Crippen LogP contribution in [-0.4, -0.2) is 5.04 Å². The van der Waals surface area contributed by atoms with E-state index < -0.39 is 0 Å². The summed E-state index contributed by atoms with van der Waals surface area (Å²) in [6, 6.07) is 18.2. The molecule has 0 unspecified atom stereocenters. The van der Waals surface area contributed by atoms with Gasteiger partial charge in [0.15, 0.2) is 0 Å². The summed E-state index contributed by atoms with van der Waals surface area (Å²) in [7, 11) is 0. The van der Waals surface area contributed by atoms with Crippen molar-refractivity contribution in [2.75, 3.05) is 0 Å². The first-order chi connectivity index (χ1) is 12.1. The van der Waals surface area contributed by atoms with Gasteiger partial charge in [-0.1, -0.05) is 58.9 Å². The summed E-state index contributed by atoms with van der Waals surface area (Å²) >= 11 is 9.55. The molecule has 1 heterocycles. The lowest BCUT2D eigenvalue weighted by Gasteiger charge is -2.20. The van der Waals surface area contributed by atoms with Crippen molar-refractivity contribution < 1.29 is 0 Å². The smallest absolute Gasteiger partial charge is 0.105 e. The van der Waals surface area contributed by atoms with Gasteiger partial charge in [0.25, 0.3) is 0 Å². The summed E-state index contributed by atoms with van der Waals surface area (Å²) in [4.78, 5) is 7.57. The van der Waals surface area contributed by atoms with E-state index in [-0.39, 0.29) is 0 Å². The average Bonchev–Trinajstić information content (AvgIpc) is 2.63. The molecule has 0 saturated carbocycles. The van der Waals surface area contributed by atoms with Crippen LogP contribution in [0.15, 0.2) is 85.9 Å². The zero-order valence-electron chi connectivity index (χ0n) is 14.3. The number of benzene rings is 2. The molecule has 128 valence electrons. The SMILES string of the molecule is CC(C)=C1CC/C(=C\Sc2ccccc2)C(=Nc2ccc(Cl)cc2)S1. The van der Waals surface area contributed by atoms with Gasteiger partial charge in [-0.05, 0) is 79.0 Å². The second kappa shape index (κ2) is 8.79. The fourth-order valence-electron chi connectivity index (χ4n) is 2.42. The first-order valence-corrected chi connectivity index (χ1v) is 10.3. The second-order valence-electron chi connectivity index (χ2n) is 5.99. The summed E-state index contributed by atoms with van der Waals surface area (Å²) in [6.07, 6.45) is 2.12. The van der Waals surface area contributed by atoms with Crippen molar-refractivity contribution in [3.63, 3.8) is 0 Å². The molecule has 0 spiro atoms.